The van der Waals surface area contributed by atoms with Crippen LogP contribution in [0.5, 0.6) is 23.0 Å². The van der Waals surface area contributed by atoms with Crippen molar-refractivity contribution >= 4 is 23.6 Å². The van der Waals surface area contributed by atoms with E-state index in [1.54, 1.807) is 9.80 Å². The first-order valence-corrected chi connectivity index (χ1v) is 21.3. The summed E-state index contributed by atoms with van der Waals surface area (Å²) in [6.07, 6.45) is 4.96. The maximum Gasteiger partial charge on any atom is 0.293 e. The Morgan fingerprint density at radius 1 is 0.382 bits per heavy atom. The van der Waals surface area contributed by atoms with Gasteiger partial charge in [0.25, 0.3) is 45.9 Å². The first kappa shape index (κ1) is 53.3. The minimum Gasteiger partial charge on any atom is -0.502 e. The lowest BCUT2D eigenvalue weighted by Gasteiger charge is -2.28. The van der Waals surface area contributed by atoms with Gasteiger partial charge in [-0.05, 0) is 24.3 Å². The fourth-order valence-electron chi connectivity index (χ4n) is 6.76. The summed E-state index contributed by atoms with van der Waals surface area (Å²) in [4.78, 5) is 106. The first-order valence-electron chi connectivity index (χ1n) is 21.3. The summed E-state index contributed by atoms with van der Waals surface area (Å²) in [5.41, 5.74) is -4.85. The predicted molar refractivity (Wildman–Crippen MR) is 240 cm³/mol. The standard InChI is InChI=1S/C42H56N10O16/c53-23-19-49-9-1-27(31(57)39(49)65)35(61)43-5-13-47(14-6-44-36(62)28-2-10-50(20-24-54)40(66)32(28)58)17-18-48(15-7-45-37(63)29-3-11-51(21-25-55)41(67)33(29)59)16-8-46-38(64)30-4-12-52(22-26-56)42(68)34(30)60/h1-4,9-12,53-60H,5-8,13-26H2,(H,43,61)(H,44,62)(H,45,63)(H,46,64). The van der Waals surface area contributed by atoms with Crippen LogP contribution in [0.25, 0.3) is 0 Å². The number of carbonyl (C=O) groups is 4. The number of aromatic nitrogens is 4. The van der Waals surface area contributed by atoms with Crippen LogP contribution in [0.3, 0.4) is 0 Å². The average Bonchev–Trinajstić information content (AvgIpc) is 3.31. The summed E-state index contributed by atoms with van der Waals surface area (Å²) in [5, 5.41) is 88.9. The highest BCUT2D eigenvalue weighted by Crippen LogP contribution is 2.14. The molecule has 0 aliphatic carbocycles. The van der Waals surface area contributed by atoms with E-state index in [1.165, 1.54) is 49.1 Å². The summed E-state index contributed by atoms with van der Waals surface area (Å²) in [6, 6.07) is 4.84. The van der Waals surface area contributed by atoms with E-state index in [2.05, 4.69) is 21.3 Å². The number of rotatable bonds is 27. The summed E-state index contributed by atoms with van der Waals surface area (Å²) in [7, 11) is 0. The third kappa shape index (κ3) is 14.1. The fourth-order valence-corrected chi connectivity index (χ4v) is 6.76. The maximum absolute atomic E-state index is 13.1. The molecule has 4 rings (SSSR count). The number of aliphatic hydroxyl groups is 4. The third-order valence-corrected chi connectivity index (χ3v) is 10.5. The van der Waals surface area contributed by atoms with Gasteiger partial charge in [0.05, 0.1) is 48.7 Å². The topological polar surface area (TPSA) is 373 Å². The minimum atomic E-state index is -0.892. The van der Waals surface area contributed by atoms with Crippen molar-refractivity contribution in [3.63, 3.8) is 0 Å². The molecule has 0 saturated heterocycles. The van der Waals surface area contributed by atoms with Crippen molar-refractivity contribution in [2.75, 3.05) is 91.9 Å². The van der Waals surface area contributed by atoms with Crippen LogP contribution in [0.1, 0.15) is 41.4 Å². The van der Waals surface area contributed by atoms with Gasteiger partial charge < -0.3 is 80.4 Å². The van der Waals surface area contributed by atoms with Crippen LogP contribution in [0, 0.1) is 0 Å². The highest BCUT2D eigenvalue weighted by molar-refractivity contribution is 5.98. The fraction of sp³-hybridized carbons (Fsp3) is 0.429. The van der Waals surface area contributed by atoms with Crippen molar-refractivity contribution in [2.45, 2.75) is 26.2 Å². The van der Waals surface area contributed by atoms with E-state index in [0.29, 0.717) is 0 Å². The highest BCUT2D eigenvalue weighted by atomic mass is 16.3. The molecular weight excluding hydrogens is 901 g/mol. The lowest BCUT2D eigenvalue weighted by Crippen LogP contribution is -2.46. The zero-order valence-corrected chi connectivity index (χ0v) is 36.9. The minimum absolute atomic E-state index is 0.0664. The molecule has 0 saturated carbocycles. The van der Waals surface area contributed by atoms with Gasteiger partial charge in [0.1, 0.15) is 0 Å². The number of carbonyl (C=O) groups excluding carboxylic acids is 4. The molecule has 0 fully saturated rings. The van der Waals surface area contributed by atoms with Crippen molar-refractivity contribution in [3.05, 3.63) is 113 Å². The van der Waals surface area contributed by atoms with Crippen LogP contribution < -0.4 is 43.5 Å². The van der Waals surface area contributed by atoms with Crippen LogP contribution >= 0.6 is 0 Å². The van der Waals surface area contributed by atoms with Crippen molar-refractivity contribution in [1.82, 2.24) is 49.3 Å². The van der Waals surface area contributed by atoms with Crippen molar-refractivity contribution in [1.29, 1.82) is 0 Å². The van der Waals surface area contributed by atoms with Gasteiger partial charge in [-0.3, -0.25) is 48.2 Å². The normalized spacial score (nSPS) is 11.2. The molecule has 26 nitrogen and oxygen atoms in total. The number of hydrogen-bond donors (Lipinski definition) is 12. The van der Waals surface area contributed by atoms with Gasteiger partial charge in [0.2, 0.25) is 0 Å². The molecule has 0 unspecified atom stereocenters. The number of pyridine rings is 4. The second-order valence-electron chi connectivity index (χ2n) is 14.9. The molecule has 370 valence electrons. The first-order chi connectivity index (χ1) is 32.6. The van der Waals surface area contributed by atoms with Gasteiger partial charge in [-0.15, -0.1) is 0 Å². The molecule has 0 aliphatic rings. The molecule has 0 spiro atoms. The molecule has 0 bridgehead atoms. The van der Waals surface area contributed by atoms with E-state index in [-0.39, 0.29) is 140 Å². The Morgan fingerprint density at radius 3 is 0.779 bits per heavy atom. The Kier molecular flexibility index (Phi) is 20.4. The molecule has 0 aromatic carbocycles. The van der Waals surface area contributed by atoms with Crippen LogP contribution in [0.15, 0.2) is 68.2 Å². The zero-order valence-electron chi connectivity index (χ0n) is 36.9. The molecule has 68 heavy (non-hydrogen) atoms. The Labute approximate surface area is 386 Å². The summed E-state index contributed by atoms with van der Waals surface area (Å²) < 4.78 is 4.09. The quantitative estimate of drug-likeness (QED) is 0.0266. The number of nitrogens with one attached hydrogen (secondary N) is 4. The summed E-state index contributed by atoms with van der Waals surface area (Å²) in [6.45, 7) is -1.55. The molecular formula is C42H56N10O16. The van der Waals surface area contributed by atoms with Crippen LogP contribution in [-0.2, 0) is 26.2 Å². The number of hydrogen-bond acceptors (Lipinski definition) is 18. The molecule has 4 amide bonds. The molecule has 4 aromatic rings. The van der Waals surface area contributed by atoms with Crippen molar-refractivity contribution in [2.24, 2.45) is 0 Å². The van der Waals surface area contributed by atoms with E-state index in [9.17, 15) is 79.2 Å². The van der Waals surface area contributed by atoms with Crippen LogP contribution in [0.4, 0.5) is 0 Å². The molecule has 12 N–H and O–H groups in total. The van der Waals surface area contributed by atoms with Gasteiger partial charge in [-0.2, -0.15) is 0 Å². The number of amides is 4. The lowest BCUT2D eigenvalue weighted by molar-refractivity contribution is 0.0919. The Hall–Kier alpha value is -7.36. The maximum atomic E-state index is 13.1. The zero-order chi connectivity index (χ0) is 49.9. The lowest BCUT2D eigenvalue weighted by atomic mass is 10.2. The van der Waals surface area contributed by atoms with Gasteiger partial charge in [-0.1, -0.05) is 0 Å². The van der Waals surface area contributed by atoms with Crippen LogP contribution in [0.2, 0.25) is 0 Å². The van der Waals surface area contributed by atoms with E-state index in [1.807, 2.05) is 0 Å². The largest absolute Gasteiger partial charge is 0.502 e. The molecule has 4 heterocycles. The van der Waals surface area contributed by atoms with Gasteiger partial charge in [-0.25, -0.2) is 0 Å². The van der Waals surface area contributed by atoms with Gasteiger partial charge in [0.15, 0.2) is 23.0 Å². The second kappa shape index (κ2) is 26.1. The number of nitrogens with zero attached hydrogens (tertiary/aromatic N) is 6. The van der Waals surface area contributed by atoms with E-state index in [0.717, 1.165) is 18.3 Å². The molecule has 0 atom stereocenters. The number of aliphatic hydroxyl groups excluding tert-OH is 4. The molecule has 26 heteroatoms. The molecule has 0 radical (unpaired) electrons. The van der Waals surface area contributed by atoms with E-state index < -0.39 is 68.9 Å². The Bertz CT molecular complexity index is 2290. The van der Waals surface area contributed by atoms with E-state index >= 15 is 0 Å². The van der Waals surface area contributed by atoms with Crippen molar-refractivity contribution in [3.8, 4) is 23.0 Å². The smallest absolute Gasteiger partial charge is 0.293 e. The summed E-state index contributed by atoms with van der Waals surface area (Å²) in [5.74, 6) is -6.50. The van der Waals surface area contributed by atoms with Gasteiger partial charge >= 0.3 is 0 Å². The van der Waals surface area contributed by atoms with Crippen LogP contribution in [-0.4, -0.2) is 184 Å². The highest BCUT2D eigenvalue weighted by Gasteiger charge is 2.21. The van der Waals surface area contributed by atoms with Crippen molar-refractivity contribution < 1.29 is 60.0 Å². The third-order valence-electron chi connectivity index (χ3n) is 10.5. The molecule has 4 aromatic heterocycles. The molecule has 0 aliphatic heterocycles. The Morgan fingerprint density at radius 2 is 0.588 bits per heavy atom. The summed E-state index contributed by atoms with van der Waals surface area (Å²) >= 11 is 0. The van der Waals surface area contributed by atoms with E-state index in [4.69, 9.17) is 0 Å². The second-order valence-corrected chi connectivity index (χ2v) is 14.9. The van der Waals surface area contributed by atoms with Gasteiger partial charge in [0, 0.05) is 116 Å². The average molecular weight is 957 g/mol. The monoisotopic (exact) mass is 956 g/mol. The number of aromatic hydroxyl groups is 4. The predicted octanol–water partition coefficient (Wildman–Crippen LogP) is -5.25. The SMILES string of the molecule is O=C(NCCN(CCNC(=O)c1ccn(CCO)c(=O)c1O)CCN(CCNC(=O)c1ccn(CCO)c(=O)c1O)CCNC(=O)c1ccn(CCO)c(=O)c1O)c1ccn(CCO)c(=O)c1O. The Balaban J connectivity index is 1.51.